The van der Waals surface area contributed by atoms with E-state index in [0.29, 0.717) is 12.6 Å². The average molecular weight is 350 g/mol. The van der Waals surface area contributed by atoms with E-state index in [9.17, 15) is 9.59 Å². The summed E-state index contributed by atoms with van der Waals surface area (Å²) in [5.41, 5.74) is 0. The Morgan fingerprint density at radius 1 is 1.29 bits per heavy atom. The number of amides is 2. The number of thiophene rings is 1. The molecule has 2 aliphatic heterocycles. The summed E-state index contributed by atoms with van der Waals surface area (Å²) in [5.74, 6) is 0.246. The van der Waals surface area contributed by atoms with Crippen LogP contribution in [0.2, 0.25) is 0 Å². The van der Waals surface area contributed by atoms with Crippen molar-refractivity contribution in [1.29, 1.82) is 0 Å². The van der Waals surface area contributed by atoms with Gasteiger partial charge in [0.05, 0.1) is 12.6 Å². The number of hydrogen-bond acceptors (Lipinski definition) is 4. The van der Waals surface area contributed by atoms with Gasteiger partial charge in [0.25, 0.3) is 0 Å². The quantitative estimate of drug-likeness (QED) is 0.888. The highest BCUT2D eigenvalue weighted by Crippen LogP contribution is 2.30. The van der Waals surface area contributed by atoms with Gasteiger partial charge in [-0.3, -0.25) is 14.5 Å². The molecule has 2 aliphatic rings. The molecule has 1 N–H and O–H groups in total. The van der Waals surface area contributed by atoms with Crippen LogP contribution in [0.5, 0.6) is 0 Å². The average Bonchev–Trinajstić information content (AvgIpc) is 3.28. The van der Waals surface area contributed by atoms with Gasteiger partial charge in [0.1, 0.15) is 0 Å². The van der Waals surface area contributed by atoms with E-state index in [-0.39, 0.29) is 23.9 Å². The number of likely N-dealkylation sites (tertiary alicyclic amines) is 2. The maximum absolute atomic E-state index is 12.5. The predicted octanol–water partition coefficient (Wildman–Crippen LogP) is 2.40. The van der Waals surface area contributed by atoms with Crippen molar-refractivity contribution in [1.82, 2.24) is 15.1 Å². The number of nitrogens with one attached hydrogen (secondary N) is 1. The lowest BCUT2D eigenvalue weighted by Crippen LogP contribution is -2.50. The minimum Gasteiger partial charge on any atom is -0.348 e. The molecule has 0 aromatic carbocycles. The van der Waals surface area contributed by atoms with Crippen LogP contribution in [0.3, 0.4) is 0 Å². The van der Waals surface area contributed by atoms with Crippen LogP contribution in [0.15, 0.2) is 17.5 Å². The van der Waals surface area contributed by atoms with Crippen LogP contribution in [0, 0.1) is 0 Å². The Bertz CT molecular complexity index is 575. The van der Waals surface area contributed by atoms with Crippen LogP contribution in [-0.2, 0) is 9.59 Å². The van der Waals surface area contributed by atoms with E-state index in [1.807, 2.05) is 23.3 Å². The molecule has 3 rings (SSSR count). The molecule has 24 heavy (non-hydrogen) atoms. The Kier molecular flexibility index (Phi) is 5.56. The van der Waals surface area contributed by atoms with E-state index < -0.39 is 0 Å². The van der Waals surface area contributed by atoms with Crippen molar-refractivity contribution in [3.8, 4) is 0 Å². The van der Waals surface area contributed by atoms with E-state index in [1.165, 1.54) is 4.88 Å². The molecule has 3 atom stereocenters. The summed E-state index contributed by atoms with van der Waals surface area (Å²) >= 11 is 1.67. The van der Waals surface area contributed by atoms with Crippen LogP contribution in [0.25, 0.3) is 0 Å². The van der Waals surface area contributed by atoms with Crippen molar-refractivity contribution in [3.63, 3.8) is 0 Å². The zero-order valence-corrected chi connectivity index (χ0v) is 15.3. The van der Waals surface area contributed by atoms with Crippen molar-refractivity contribution in [2.75, 3.05) is 19.6 Å². The van der Waals surface area contributed by atoms with Crippen molar-refractivity contribution in [2.24, 2.45) is 0 Å². The number of carbonyl (C=O) groups is 2. The third kappa shape index (κ3) is 3.81. The second-order valence-corrected chi connectivity index (χ2v) is 7.89. The Morgan fingerprint density at radius 2 is 2.04 bits per heavy atom. The van der Waals surface area contributed by atoms with Crippen LogP contribution in [-0.4, -0.2) is 53.3 Å². The van der Waals surface area contributed by atoms with Crippen LogP contribution in [0.4, 0.5) is 0 Å². The van der Waals surface area contributed by atoms with E-state index in [0.717, 1.165) is 38.8 Å². The molecule has 2 fully saturated rings. The second kappa shape index (κ2) is 7.66. The second-order valence-electron chi connectivity index (χ2n) is 6.91. The highest BCUT2D eigenvalue weighted by molar-refractivity contribution is 7.10. The number of carbonyl (C=O) groups excluding carboxylic acids is 2. The highest BCUT2D eigenvalue weighted by Gasteiger charge is 2.39. The SMILES string of the molecule is CC(=O)N1CCC[C@@H]1[C@H]1CCCN1CC(=O)N[C@H](C)c1cccs1. The molecule has 0 radical (unpaired) electrons. The Labute approximate surface area is 148 Å². The first-order valence-electron chi connectivity index (χ1n) is 8.90. The van der Waals surface area contributed by atoms with Gasteiger partial charge in [-0.05, 0) is 50.6 Å². The predicted molar refractivity (Wildman–Crippen MR) is 95.9 cm³/mol. The first kappa shape index (κ1) is 17.4. The summed E-state index contributed by atoms with van der Waals surface area (Å²) < 4.78 is 0. The Morgan fingerprint density at radius 3 is 2.75 bits per heavy atom. The molecule has 0 unspecified atom stereocenters. The van der Waals surface area contributed by atoms with Crippen LogP contribution >= 0.6 is 11.3 Å². The van der Waals surface area contributed by atoms with Gasteiger partial charge in [-0.2, -0.15) is 0 Å². The standard InChI is InChI=1S/C18H27N3O2S/c1-13(17-8-5-11-24-17)19-18(23)12-20-9-3-6-15(20)16-7-4-10-21(16)14(2)22/h5,8,11,13,15-16H,3-4,6-7,9-10,12H2,1-2H3,(H,19,23)/t13-,15-,16-/m1/s1. The fourth-order valence-electron chi connectivity index (χ4n) is 4.15. The number of hydrogen-bond donors (Lipinski definition) is 1. The molecule has 5 nitrogen and oxygen atoms in total. The number of rotatable bonds is 5. The minimum atomic E-state index is 0.0544. The summed E-state index contributed by atoms with van der Waals surface area (Å²) in [6, 6.07) is 4.73. The molecule has 6 heteroatoms. The van der Waals surface area contributed by atoms with Crippen molar-refractivity contribution in [2.45, 2.75) is 57.7 Å². The molecule has 1 aromatic heterocycles. The fraction of sp³-hybridized carbons (Fsp3) is 0.667. The minimum absolute atomic E-state index is 0.0544. The molecule has 0 spiro atoms. The monoisotopic (exact) mass is 349 g/mol. The molecule has 2 amide bonds. The van der Waals surface area contributed by atoms with E-state index in [1.54, 1.807) is 18.3 Å². The molecular weight excluding hydrogens is 322 g/mol. The molecule has 1 aromatic rings. The van der Waals surface area contributed by atoms with Crippen molar-refractivity contribution < 1.29 is 9.59 Å². The summed E-state index contributed by atoms with van der Waals surface area (Å²) in [6.45, 7) is 5.94. The molecular formula is C18H27N3O2S. The fourth-order valence-corrected chi connectivity index (χ4v) is 4.88. The zero-order chi connectivity index (χ0) is 17.1. The molecule has 0 aliphatic carbocycles. The van der Waals surface area contributed by atoms with Gasteiger partial charge in [0.15, 0.2) is 0 Å². The topological polar surface area (TPSA) is 52.7 Å². The normalized spacial score (nSPS) is 25.8. The lowest BCUT2D eigenvalue weighted by atomic mass is 10.0. The van der Waals surface area contributed by atoms with Gasteiger partial charge in [0, 0.05) is 30.4 Å². The summed E-state index contributed by atoms with van der Waals surface area (Å²) in [6.07, 6.45) is 4.34. The molecule has 132 valence electrons. The van der Waals surface area contributed by atoms with Gasteiger partial charge in [-0.15, -0.1) is 11.3 Å². The van der Waals surface area contributed by atoms with Gasteiger partial charge < -0.3 is 10.2 Å². The molecule has 0 saturated carbocycles. The maximum atomic E-state index is 12.5. The lowest BCUT2D eigenvalue weighted by molar-refractivity contribution is -0.130. The molecule has 2 saturated heterocycles. The van der Waals surface area contributed by atoms with Crippen LogP contribution in [0.1, 0.15) is 50.4 Å². The maximum Gasteiger partial charge on any atom is 0.234 e. The molecule has 3 heterocycles. The summed E-state index contributed by atoms with van der Waals surface area (Å²) in [4.78, 5) is 29.8. The van der Waals surface area contributed by atoms with Crippen molar-refractivity contribution in [3.05, 3.63) is 22.4 Å². The van der Waals surface area contributed by atoms with Gasteiger partial charge in [0.2, 0.25) is 11.8 Å². The summed E-state index contributed by atoms with van der Waals surface area (Å²) in [7, 11) is 0. The van der Waals surface area contributed by atoms with E-state index >= 15 is 0 Å². The third-order valence-corrected chi connectivity index (χ3v) is 6.31. The third-order valence-electron chi connectivity index (χ3n) is 5.26. The Balaban J connectivity index is 1.57. The molecule has 0 bridgehead atoms. The van der Waals surface area contributed by atoms with Gasteiger partial charge in [-0.1, -0.05) is 6.07 Å². The van der Waals surface area contributed by atoms with Gasteiger partial charge in [-0.25, -0.2) is 0 Å². The number of nitrogens with zero attached hydrogens (tertiary/aromatic N) is 2. The first-order chi connectivity index (χ1) is 11.6. The van der Waals surface area contributed by atoms with E-state index in [2.05, 4.69) is 16.3 Å². The van der Waals surface area contributed by atoms with E-state index in [4.69, 9.17) is 0 Å². The Hall–Kier alpha value is -1.40. The largest absolute Gasteiger partial charge is 0.348 e. The lowest BCUT2D eigenvalue weighted by Gasteiger charge is -2.34. The highest BCUT2D eigenvalue weighted by atomic mass is 32.1. The van der Waals surface area contributed by atoms with Crippen LogP contribution < -0.4 is 5.32 Å². The summed E-state index contributed by atoms with van der Waals surface area (Å²) in [5, 5.41) is 5.14. The zero-order valence-electron chi connectivity index (χ0n) is 14.5. The first-order valence-corrected chi connectivity index (χ1v) is 9.78. The van der Waals surface area contributed by atoms with Gasteiger partial charge >= 0.3 is 0 Å². The van der Waals surface area contributed by atoms with Crippen molar-refractivity contribution >= 4 is 23.2 Å². The smallest absolute Gasteiger partial charge is 0.234 e.